The zero-order valence-electron chi connectivity index (χ0n) is 7.27. The highest BCUT2D eigenvalue weighted by Crippen LogP contribution is 2.18. The topological polar surface area (TPSA) is 3.24 Å². The molecule has 0 bridgehead atoms. The van der Waals surface area contributed by atoms with Crippen molar-refractivity contribution in [1.82, 2.24) is 4.90 Å². The Labute approximate surface area is 64.4 Å². The molecular weight excluding hydrogens is 122 g/mol. The standard InChI is InChI=1S/C9H19N/c1-3-6-9-7-4-5-8-10(9)2/h9H,3-8H2,1-2H3/t9-/m0/s1. The summed E-state index contributed by atoms with van der Waals surface area (Å²) in [5.74, 6) is 0. The molecule has 1 saturated heterocycles. The molecule has 1 aliphatic rings. The van der Waals surface area contributed by atoms with Gasteiger partial charge in [0.1, 0.15) is 0 Å². The molecule has 0 aromatic carbocycles. The molecular formula is C9H19N. The summed E-state index contributed by atoms with van der Waals surface area (Å²) in [6, 6.07) is 0.902. The first-order chi connectivity index (χ1) is 4.84. The summed E-state index contributed by atoms with van der Waals surface area (Å²) in [7, 11) is 2.26. The first-order valence-electron chi connectivity index (χ1n) is 4.55. The van der Waals surface area contributed by atoms with Crippen molar-refractivity contribution < 1.29 is 0 Å². The summed E-state index contributed by atoms with van der Waals surface area (Å²) >= 11 is 0. The van der Waals surface area contributed by atoms with Gasteiger partial charge in [0.15, 0.2) is 0 Å². The molecule has 60 valence electrons. The Morgan fingerprint density at radius 1 is 1.40 bits per heavy atom. The Hall–Kier alpha value is -0.0400. The number of piperidine rings is 1. The minimum Gasteiger partial charge on any atom is -0.303 e. The maximum absolute atomic E-state index is 2.52. The normalized spacial score (nSPS) is 28.8. The van der Waals surface area contributed by atoms with Crippen LogP contribution in [0.3, 0.4) is 0 Å². The lowest BCUT2D eigenvalue weighted by molar-refractivity contribution is 0.175. The van der Waals surface area contributed by atoms with Crippen LogP contribution in [0.2, 0.25) is 0 Å². The number of nitrogens with zero attached hydrogens (tertiary/aromatic N) is 1. The minimum absolute atomic E-state index is 0.902. The Bertz CT molecular complexity index is 88.7. The number of hydrogen-bond acceptors (Lipinski definition) is 1. The van der Waals surface area contributed by atoms with Crippen LogP contribution in [0.1, 0.15) is 39.0 Å². The maximum Gasteiger partial charge on any atom is 0.00921 e. The Kier molecular flexibility index (Phi) is 3.20. The third kappa shape index (κ3) is 1.98. The van der Waals surface area contributed by atoms with Gasteiger partial charge in [0.2, 0.25) is 0 Å². The van der Waals surface area contributed by atoms with Crippen LogP contribution in [0.25, 0.3) is 0 Å². The van der Waals surface area contributed by atoms with Gasteiger partial charge in [0.05, 0.1) is 0 Å². The van der Waals surface area contributed by atoms with E-state index < -0.39 is 0 Å². The highest BCUT2D eigenvalue weighted by molar-refractivity contribution is 4.72. The van der Waals surface area contributed by atoms with Crippen molar-refractivity contribution in [2.75, 3.05) is 13.6 Å². The fourth-order valence-electron chi connectivity index (χ4n) is 1.84. The lowest BCUT2D eigenvalue weighted by Crippen LogP contribution is -2.35. The summed E-state index contributed by atoms with van der Waals surface area (Å²) in [5, 5.41) is 0. The quantitative estimate of drug-likeness (QED) is 0.570. The molecule has 0 spiro atoms. The molecule has 0 unspecified atom stereocenters. The van der Waals surface area contributed by atoms with Gasteiger partial charge in [-0.25, -0.2) is 0 Å². The summed E-state index contributed by atoms with van der Waals surface area (Å²) in [6.45, 7) is 3.60. The third-order valence-corrected chi connectivity index (χ3v) is 2.54. The zero-order valence-corrected chi connectivity index (χ0v) is 7.27. The van der Waals surface area contributed by atoms with E-state index in [0.717, 1.165) is 6.04 Å². The van der Waals surface area contributed by atoms with Crippen molar-refractivity contribution in [3.8, 4) is 0 Å². The Balaban J connectivity index is 2.25. The van der Waals surface area contributed by atoms with Crippen molar-refractivity contribution in [2.45, 2.75) is 45.1 Å². The van der Waals surface area contributed by atoms with Crippen molar-refractivity contribution in [1.29, 1.82) is 0 Å². The second-order valence-corrected chi connectivity index (χ2v) is 3.42. The summed E-state index contributed by atoms with van der Waals surface area (Å²) in [4.78, 5) is 2.52. The number of hydrogen-bond donors (Lipinski definition) is 0. The highest BCUT2D eigenvalue weighted by Gasteiger charge is 2.16. The van der Waals surface area contributed by atoms with Gasteiger partial charge in [-0.2, -0.15) is 0 Å². The van der Waals surface area contributed by atoms with E-state index in [9.17, 15) is 0 Å². The molecule has 0 aromatic rings. The monoisotopic (exact) mass is 141 g/mol. The summed E-state index contributed by atoms with van der Waals surface area (Å²) in [6.07, 6.45) is 7.04. The zero-order chi connectivity index (χ0) is 7.40. The molecule has 1 rings (SSSR count). The van der Waals surface area contributed by atoms with Crippen LogP contribution in [-0.4, -0.2) is 24.5 Å². The maximum atomic E-state index is 2.52. The molecule has 0 amide bonds. The number of likely N-dealkylation sites (tertiary alicyclic amines) is 1. The second-order valence-electron chi connectivity index (χ2n) is 3.42. The van der Waals surface area contributed by atoms with E-state index in [1.54, 1.807) is 0 Å². The van der Waals surface area contributed by atoms with Gasteiger partial charge in [0, 0.05) is 6.04 Å². The molecule has 1 heterocycles. The molecule has 1 atom stereocenters. The predicted octanol–water partition coefficient (Wildman–Crippen LogP) is 2.27. The van der Waals surface area contributed by atoms with Gasteiger partial charge in [0.25, 0.3) is 0 Å². The van der Waals surface area contributed by atoms with Gasteiger partial charge in [-0.1, -0.05) is 19.8 Å². The van der Waals surface area contributed by atoms with Gasteiger partial charge < -0.3 is 4.90 Å². The van der Waals surface area contributed by atoms with E-state index in [0.29, 0.717) is 0 Å². The molecule has 1 heteroatoms. The van der Waals surface area contributed by atoms with Crippen LogP contribution in [-0.2, 0) is 0 Å². The SMILES string of the molecule is CCC[C@H]1CCCCN1C. The number of rotatable bonds is 2. The van der Waals surface area contributed by atoms with Crippen LogP contribution >= 0.6 is 0 Å². The van der Waals surface area contributed by atoms with Crippen LogP contribution < -0.4 is 0 Å². The fourth-order valence-corrected chi connectivity index (χ4v) is 1.84. The van der Waals surface area contributed by atoms with Gasteiger partial charge >= 0.3 is 0 Å². The molecule has 0 aliphatic carbocycles. The van der Waals surface area contributed by atoms with Crippen LogP contribution in [0.4, 0.5) is 0 Å². The second kappa shape index (κ2) is 3.97. The summed E-state index contributed by atoms with van der Waals surface area (Å²) < 4.78 is 0. The average Bonchev–Trinajstić information content (AvgIpc) is 1.94. The molecule has 1 aliphatic heterocycles. The fraction of sp³-hybridized carbons (Fsp3) is 1.00. The summed E-state index contributed by atoms with van der Waals surface area (Å²) in [5.41, 5.74) is 0. The van der Waals surface area contributed by atoms with E-state index in [4.69, 9.17) is 0 Å². The van der Waals surface area contributed by atoms with E-state index in [1.165, 1.54) is 38.6 Å². The molecule has 10 heavy (non-hydrogen) atoms. The van der Waals surface area contributed by atoms with Crippen molar-refractivity contribution in [3.63, 3.8) is 0 Å². The first kappa shape index (κ1) is 8.06. The van der Waals surface area contributed by atoms with Crippen LogP contribution in [0.5, 0.6) is 0 Å². The highest BCUT2D eigenvalue weighted by atomic mass is 15.1. The predicted molar refractivity (Wildman–Crippen MR) is 45.2 cm³/mol. The average molecular weight is 141 g/mol. The van der Waals surface area contributed by atoms with Crippen molar-refractivity contribution >= 4 is 0 Å². The van der Waals surface area contributed by atoms with Gasteiger partial charge in [-0.05, 0) is 32.9 Å². The van der Waals surface area contributed by atoms with E-state index in [-0.39, 0.29) is 0 Å². The third-order valence-electron chi connectivity index (χ3n) is 2.54. The van der Waals surface area contributed by atoms with Crippen LogP contribution in [0.15, 0.2) is 0 Å². The van der Waals surface area contributed by atoms with Gasteiger partial charge in [-0.15, -0.1) is 0 Å². The van der Waals surface area contributed by atoms with E-state index in [1.807, 2.05) is 0 Å². The lowest BCUT2D eigenvalue weighted by atomic mass is 9.99. The minimum atomic E-state index is 0.902. The van der Waals surface area contributed by atoms with E-state index >= 15 is 0 Å². The lowest BCUT2D eigenvalue weighted by Gasteiger charge is -2.32. The smallest absolute Gasteiger partial charge is 0.00921 e. The molecule has 0 aromatic heterocycles. The van der Waals surface area contributed by atoms with Crippen molar-refractivity contribution in [3.05, 3.63) is 0 Å². The molecule has 1 fully saturated rings. The molecule has 1 nitrogen and oxygen atoms in total. The van der Waals surface area contributed by atoms with E-state index in [2.05, 4.69) is 18.9 Å². The van der Waals surface area contributed by atoms with Crippen LogP contribution in [0, 0.1) is 0 Å². The van der Waals surface area contributed by atoms with Crippen molar-refractivity contribution in [2.24, 2.45) is 0 Å². The molecule has 0 N–H and O–H groups in total. The molecule has 0 saturated carbocycles. The first-order valence-corrected chi connectivity index (χ1v) is 4.55. The largest absolute Gasteiger partial charge is 0.303 e. The Morgan fingerprint density at radius 3 is 2.80 bits per heavy atom. The Morgan fingerprint density at radius 2 is 2.20 bits per heavy atom. The molecule has 0 radical (unpaired) electrons. The van der Waals surface area contributed by atoms with Gasteiger partial charge in [-0.3, -0.25) is 0 Å².